The van der Waals surface area contributed by atoms with Crippen molar-refractivity contribution in [3.05, 3.63) is 65.7 Å². The van der Waals surface area contributed by atoms with Gasteiger partial charge in [0.1, 0.15) is 6.61 Å². The summed E-state index contributed by atoms with van der Waals surface area (Å²) >= 11 is 0. The van der Waals surface area contributed by atoms with Crippen molar-refractivity contribution in [3.8, 4) is 0 Å². The summed E-state index contributed by atoms with van der Waals surface area (Å²) in [6.45, 7) is 8.42. The molecule has 5 rings (SSSR count). The molecular formula is C27H34BNO5. The Kier molecular flexibility index (Phi) is 5.78. The Bertz CT molecular complexity index is 1010. The molecule has 1 amide bonds. The zero-order chi connectivity index (χ0) is 24.1. The Morgan fingerprint density at radius 1 is 0.971 bits per heavy atom. The Morgan fingerprint density at radius 3 is 2.09 bits per heavy atom. The molecule has 0 spiro atoms. The lowest BCUT2D eigenvalue weighted by Crippen LogP contribution is -2.52. The van der Waals surface area contributed by atoms with Crippen molar-refractivity contribution in [2.24, 2.45) is 0 Å². The topological polar surface area (TPSA) is 68.2 Å². The Balaban J connectivity index is 1.25. The quantitative estimate of drug-likeness (QED) is 0.691. The standard InChI is InChI=1S/C27H34BNO5/c1-25(2)26(3,4)34-28(33-25)21-12-10-20(11-13-21)27(31)16-22-14-15-23(17-27)29(22)24(30)32-18-19-8-6-5-7-9-19/h5-13,22-23,31H,14-18H2,1-4H3. The Hall–Kier alpha value is -2.35. The van der Waals surface area contributed by atoms with Crippen molar-refractivity contribution in [2.45, 2.75) is 88.9 Å². The van der Waals surface area contributed by atoms with Crippen LogP contribution in [0.4, 0.5) is 4.79 Å². The lowest BCUT2D eigenvalue weighted by Gasteiger charge is -2.43. The third-order valence-electron chi connectivity index (χ3n) is 8.16. The molecule has 6 nitrogen and oxygen atoms in total. The first-order chi connectivity index (χ1) is 16.1. The molecule has 3 heterocycles. The maximum Gasteiger partial charge on any atom is 0.494 e. The molecule has 1 N–H and O–H groups in total. The summed E-state index contributed by atoms with van der Waals surface area (Å²) in [4.78, 5) is 14.7. The number of fused-ring (bicyclic) bond motifs is 2. The van der Waals surface area contributed by atoms with Gasteiger partial charge in [-0.2, -0.15) is 0 Å². The Labute approximate surface area is 202 Å². The highest BCUT2D eigenvalue weighted by Gasteiger charge is 2.53. The second-order valence-electron chi connectivity index (χ2n) is 11.0. The van der Waals surface area contributed by atoms with Gasteiger partial charge in [-0.3, -0.25) is 0 Å². The number of piperidine rings is 1. The number of benzene rings is 2. The number of aliphatic hydroxyl groups is 1. The van der Waals surface area contributed by atoms with Gasteiger partial charge in [-0.05, 0) is 57.1 Å². The van der Waals surface area contributed by atoms with Crippen LogP contribution in [0.15, 0.2) is 54.6 Å². The molecule has 0 radical (unpaired) electrons. The first kappa shape index (κ1) is 23.4. The van der Waals surface area contributed by atoms with E-state index in [0.29, 0.717) is 12.8 Å². The van der Waals surface area contributed by atoms with Crippen LogP contribution in [0.25, 0.3) is 0 Å². The molecule has 0 aromatic heterocycles. The highest BCUT2D eigenvalue weighted by molar-refractivity contribution is 6.62. The largest absolute Gasteiger partial charge is 0.494 e. The van der Waals surface area contributed by atoms with Gasteiger partial charge >= 0.3 is 13.2 Å². The SMILES string of the molecule is CC1(C)OB(c2ccc(C3(O)CC4CCC(C3)N4C(=O)OCc3ccccc3)cc2)OC1(C)C. The minimum Gasteiger partial charge on any atom is -0.445 e. The van der Waals surface area contributed by atoms with Crippen molar-refractivity contribution in [1.82, 2.24) is 4.90 Å². The monoisotopic (exact) mass is 463 g/mol. The van der Waals surface area contributed by atoms with Gasteiger partial charge in [0, 0.05) is 24.9 Å². The number of hydrogen-bond donors (Lipinski definition) is 1. The van der Waals surface area contributed by atoms with Crippen LogP contribution in [0, 0.1) is 0 Å². The average molecular weight is 463 g/mol. The summed E-state index contributed by atoms with van der Waals surface area (Å²) in [6.07, 6.45) is 2.52. The molecule has 7 heteroatoms. The van der Waals surface area contributed by atoms with E-state index < -0.39 is 23.9 Å². The molecule has 2 bridgehead atoms. The third kappa shape index (κ3) is 4.14. The van der Waals surface area contributed by atoms with E-state index in [-0.39, 0.29) is 24.8 Å². The van der Waals surface area contributed by atoms with Crippen LogP contribution in [-0.2, 0) is 26.3 Å². The van der Waals surface area contributed by atoms with Crippen LogP contribution in [0.5, 0.6) is 0 Å². The molecule has 2 aromatic rings. The van der Waals surface area contributed by atoms with E-state index in [2.05, 4.69) is 0 Å². The van der Waals surface area contributed by atoms with Crippen LogP contribution in [0.2, 0.25) is 0 Å². The second kappa shape index (κ2) is 8.40. The summed E-state index contributed by atoms with van der Waals surface area (Å²) in [5.41, 5.74) is 1.04. The average Bonchev–Trinajstić information content (AvgIpc) is 3.21. The predicted octanol–water partition coefficient (Wildman–Crippen LogP) is 4.14. The summed E-state index contributed by atoms with van der Waals surface area (Å²) in [6, 6.07) is 17.6. The van der Waals surface area contributed by atoms with E-state index >= 15 is 0 Å². The maximum atomic E-state index is 12.9. The fraction of sp³-hybridized carbons (Fsp3) is 0.519. The van der Waals surface area contributed by atoms with Gasteiger partial charge in [0.05, 0.1) is 16.8 Å². The molecule has 180 valence electrons. The van der Waals surface area contributed by atoms with Crippen LogP contribution in [-0.4, -0.2) is 46.5 Å². The molecule has 0 saturated carbocycles. The Morgan fingerprint density at radius 2 is 1.53 bits per heavy atom. The summed E-state index contributed by atoms with van der Waals surface area (Å²) in [5, 5.41) is 11.6. The smallest absolute Gasteiger partial charge is 0.445 e. The predicted molar refractivity (Wildman–Crippen MR) is 131 cm³/mol. The van der Waals surface area contributed by atoms with E-state index in [0.717, 1.165) is 29.4 Å². The van der Waals surface area contributed by atoms with Crippen molar-refractivity contribution < 1.29 is 23.9 Å². The number of amides is 1. The minimum absolute atomic E-state index is 0.0187. The van der Waals surface area contributed by atoms with Crippen LogP contribution in [0.3, 0.4) is 0 Å². The molecule has 2 atom stereocenters. The number of ether oxygens (including phenoxy) is 1. The minimum atomic E-state index is -0.962. The van der Waals surface area contributed by atoms with Gasteiger partial charge in [0.25, 0.3) is 0 Å². The fourth-order valence-electron chi connectivity index (χ4n) is 5.48. The van der Waals surface area contributed by atoms with Gasteiger partial charge in [-0.1, -0.05) is 54.6 Å². The molecule has 3 fully saturated rings. The van der Waals surface area contributed by atoms with Crippen LogP contribution < -0.4 is 5.46 Å². The normalized spacial score (nSPS) is 29.3. The van der Waals surface area contributed by atoms with Gasteiger partial charge in [0.15, 0.2) is 0 Å². The molecule has 3 aliphatic rings. The number of carbonyl (C=O) groups is 1. The molecular weight excluding hydrogens is 429 g/mol. The zero-order valence-electron chi connectivity index (χ0n) is 20.5. The third-order valence-corrected chi connectivity index (χ3v) is 8.16. The summed E-state index contributed by atoms with van der Waals surface area (Å²) in [7, 11) is -0.425. The van der Waals surface area contributed by atoms with E-state index in [9.17, 15) is 9.90 Å². The summed E-state index contributed by atoms with van der Waals surface area (Å²) in [5.74, 6) is 0. The van der Waals surface area contributed by atoms with Gasteiger partial charge in [0.2, 0.25) is 0 Å². The van der Waals surface area contributed by atoms with E-state index in [1.54, 1.807) is 0 Å². The number of rotatable bonds is 4. The maximum absolute atomic E-state index is 12.9. The van der Waals surface area contributed by atoms with Gasteiger partial charge in [-0.25, -0.2) is 4.79 Å². The molecule has 0 aliphatic carbocycles. The molecule has 2 aromatic carbocycles. The lowest BCUT2D eigenvalue weighted by atomic mass is 9.76. The van der Waals surface area contributed by atoms with Crippen LogP contribution in [0.1, 0.15) is 64.5 Å². The summed E-state index contributed by atoms with van der Waals surface area (Å²) < 4.78 is 17.9. The first-order valence-electron chi connectivity index (χ1n) is 12.3. The van der Waals surface area contributed by atoms with Crippen molar-refractivity contribution in [2.75, 3.05) is 0 Å². The second-order valence-corrected chi connectivity index (χ2v) is 11.0. The zero-order valence-corrected chi connectivity index (χ0v) is 20.5. The first-order valence-corrected chi connectivity index (χ1v) is 12.3. The molecule has 3 aliphatic heterocycles. The van der Waals surface area contributed by atoms with E-state index in [1.807, 2.05) is 87.2 Å². The van der Waals surface area contributed by atoms with Crippen molar-refractivity contribution >= 4 is 18.7 Å². The highest BCUT2D eigenvalue weighted by atomic mass is 16.7. The van der Waals surface area contributed by atoms with Gasteiger partial charge < -0.3 is 24.1 Å². The highest BCUT2D eigenvalue weighted by Crippen LogP contribution is 2.46. The van der Waals surface area contributed by atoms with Crippen molar-refractivity contribution in [3.63, 3.8) is 0 Å². The molecule has 3 saturated heterocycles. The van der Waals surface area contributed by atoms with Crippen molar-refractivity contribution in [1.29, 1.82) is 0 Å². The van der Waals surface area contributed by atoms with Crippen LogP contribution >= 0.6 is 0 Å². The molecule has 34 heavy (non-hydrogen) atoms. The number of hydrogen-bond acceptors (Lipinski definition) is 5. The van der Waals surface area contributed by atoms with E-state index in [4.69, 9.17) is 14.0 Å². The van der Waals surface area contributed by atoms with E-state index in [1.165, 1.54) is 0 Å². The molecule has 2 unspecified atom stereocenters. The van der Waals surface area contributed by atoms with Gasteiger partial charge in [-0.15, -0.1) is 0 Å². The lowest BCUT2D eigenvalue weighted by molar-refractivity contribution is -0.0536. The fourth-order valence-corrected chi connectivity index (χ4v) is 5.48. The number of nitrogens with zero attached hydrogens (tertiary/aromatic N) is 1. The number of carbonyl (C=O) groups excluding carboxylic acids is 1.